The summed E-state index contributed by atoms with van der Waals surface area (Å²) in [6.45, 7) is 2.08. The number of pyridine rings is 1. The Hall–Kier alpha value is -3.85. The molecule has 0 aliphatic heterocycles. The third-order valence-electron chi connectivity index (χ3n) is 5.52. The lowest BCUT2D eigenvalue weighted by Crippen LogP contribution is -1.84. The molecular formula is C26H17NO2. The fourth-order valence-corrected chi connectivity index (χ4v) is 4.06. The molecule has 6 aromatic rings. The molecule has 3 heterocycles. The van der Waals surface area contributed by atoms with Crippen molar-refractivity contribution in [2.45, 2.75) is 6.92 Å². The Balaban J connectivity index is 1.57. The highest BCUT2D eigenvalue weighted by molar-refractivity contribution is 6.09. The van der Waals surface area contributed by atoms with Crippen molar-refractivity contribution in [1.82, 2.24) is 4.98 Å². The van der Waals surface area contributed by atoms with Gasteiger partial charge in [-0.25, -0.2) is 4.98 Å². The van der Waals surface area contributed by atoms with Crippen molar-refractivity contribution in [3.63, 3.8) is 0 Å². The molecule has 0 fully saturated rings. The molecule has 3 nitrogen and oxygen atoms in total. The second-order valence-electron chi connectivity index (χ2n) is 7.25. The van der Waals surface area contributed by atoms with Crippen LogP contribution in [0.4, 0.5) is 0 Å². The van der Waals surface area contributed by atoms with Crippen LogP contribution in [0.25, 0.3) is 55.6 Å². The number of hydrogen-bond acceptors (Lipinski definition) is 3. The largest absolute Gasteiger partial charge is 0.455 e. The molecule has 0 unspecified atom stereocenters. The minimum absolute atomic E-state index is 0.645. The lowest BCUT2D eigenvalue weighted by atomic mass is 10.0. The van der Waals surface area contributed by atoms with Gasteiger partial charge in [-0.15, -0.1) is 0 Å². The highest BCUT2D eigenvalue weighted by Gasteiger charge is 2.16. The Bertz CT molecular complexity index is 1510. The van der Waals surface area contributed by atoms with Crippen molar-refractivity contribution >= 4 is 33.0 Å². The van der Waals surface area contributed by atoms with Gasteiger partial charge in [-0.3, -0.25) is 0 Å². The normalized spacial score (nSPS) is 11.6. The van der Waals surface area contributed by atoms with Crippen molar-refractivity contribution in [3.8, 4) is 22.6 Å². The number of furan rings is 2. The van der Waals surface area contributed by atoms with E-state index in [2.05, 4.69) is 37.3 Å². The van der Waals surface area contributed by atoms with Crippen molar-refractivity contribution in [3.05, 3.63) is 90.5 Å². The van der Waals surface area contributed by atoms with E-state index in [0.717, 1.165) is 55.5 Å². The zero-order chi connectivity index (χ0) is 19.4. The molecule has 0 bridgehead atoms. The summed E-state index contributed by atoms with van der Waals surface area (Å²) in [6, 6.07) is 28.6. The first kappa shape index (κ1) is 16.1. The lowest BCUT2D eigenvalue weighted by Gasteiger charge is -2.01. The van der Waals surface area contributed by atoms with Crippen molar-refractivity contribution in [1.29, 1.82) is 0 Å². The van der Waals surface area contributed by atoms with Gasteiger partial charge in [-0.2, -0.15) is 0 Å². The van der Waals surface area contributed by atoms with Crippen molar-refractivity contribution in [2.75, 3.05) is 0 Å². The molecule has 29 heavy (non-hydrogen) atoms. The van der Waals surface area contributed by atoms with Crippen LogP contribution in [0.15, 0.2) is 93.8 Å². The molecule has 6 rings (SSSR count). The molecule has 3 aromatic heterocycles. The fourth-order valence-electron chi connectivity index (χ4n) is 4.06. The van der Waals surface area contributed by atoms with E-state index in [4.69, 9.17) is 13.8 Å². The predicted octanol–water partition coefficient (Wildman–Crippen LogP) is 7.37. The zero-order valence-electron chi connectivity index (χ0n) is 15.8. The predicted molar refractivity (Wildman–Crippen MR) is 117 cm³/mol. The average molecular weight is 375 g/mol. The number of para-hydroxylation sites is 2. The van der Waals surface area contributed by atoms with Crippen LogP contribution >= 0.6 is 0 Å². The summed E-state index contributed by atoms with van der Waals surface area (Å²) in [4.78, 5) is 4.85. The summed E-state index contributed by atoms with van der Waals surface area (Å²) in [5, 5.41) is 3.25. The van der Waals surface area contributed by atoms with Gasteiger partial charge in [-0.1, -0.05) is 60.7 Å². The first-order valence-corrected chi connectivity index (χ1v) is 9.66. The highest BCUT2D eigenvalue weighted by atomic mass is 16.3. The van der Waals surface area contributed by atoms with E-state index in [0.29, 0.717) is 5.71 Å². The van der Waals surface area contributed by atoms with Gasteiger partial charge in [0.2, 0.25) is 5.71 Å². The minimum atomic E-state index is 0.645. The summed E-state index contributed by atoms with van der Waals surface area (Å²) >= 11 is 0. The molecule has 0 saturated carbocycles. The zero-order valence-corrected chi connectivity index (χ0v) is 15.8. The quantitative estimate of drug-likeness (QED) is 0.317. The monoisotopic (exact) mass is 375 g/mol. The van der Waals surface area contributed by atoms with Gasteiger partial charge in [0.05, 0.1) is 5.69 Å². The molecule has 0 spiro atoms. The van der Waals surface area contributed by atoms with Crippen LogP contribution in [-0.4, -0.2) is 4.98 Å². The number of aromatic nitrogens is 1. The highest BCUT2D eigenvalue weighted by Crippen LogP contribution is 2.37. The van der Waals surface area contributed by atoms with E-state index in [9.17, 15) is 0 Å². The van der Waals surface area contributed by atoms with Crippen molar-refractivity contribution < 1.29 is 8.83 Å². The Morgan fingerprint density at radius 2 is 1.45 bits per heavy atom. The lowest BCUT2D eigenvalue weighted by molar-refractivity contribution is 0.616. The van der Waals surface area contributed by atoms with E-state index >= 15 is 0 Å². The standard InChI is InChI=1S/C26H17NO2/c1-16-18-14-15-22(27-26(18)29-24(16)17-8-3-2-4-9-17)21-12-7-11-20-19-10-5-6-13-23(19)28-25(20)21/h2-15H,1H3. The second kappa shape index (κ2) is 6.08. The Morgan fingerprint density at radius 1 is 0.655 bits per heavy atom. The van der Waals surface area contributed by atoms with Crippen LogP contribution in [0.5, 0.6) is 0 Å². The molecule has 0 radical (unpaired) electrons. The van der Waals surface area contributed by atoms with Gasteiger partial charge < -0.3 is 8.83 Å². The molecule has 0 N–H and O–H groups in total. The fraction of sp³-hybridized carbons (Fsp3) is 0.0385. The van der Waals surface area contributed by atoms with Gasteiger partial charge in [0.25, 0.3) is 0 Å². The Morgan fingerprint density at radius 3 is 2.34 bits per heavy atom. The summed E-state index contributed by atoms with van der Waals surface area (Å²) in [5.74, 6) is 0.868. The molecule has 0 atom stereocenters. The van der Waals surface area contributed by atoms with E-state index in [1.807, 2.05) is 54.6 Å². The molecule has 3 heteroatoms. The van der Waals surface area contributed by atoms with E-state index < -0.39 is 0 Å². The van der Waals surface area contributed by atoms with E-state index in [-0.39, 0.29) is 0 Å². The summed E-state index contributed by atoms with van der Waals surface area (Å²) in [5.41, 5.74) is 6.36. The third kappa shape index (κ3) is 2.41. The number of rotatable bonds is 2. The van der Waals surface area contributed by atoms with Crippen molar-refractivity contribution in [2.24, 2.45) is 0 Å². The Kier molecular flexibility index (Phi) is 3.38. The molecule has 0 aliphatic carbocycles. The van der Waals surface area contributed by atoms with Crippen LogP contribution < -0.4 is 0 Å². The first-order chi connectivity index (χ1) is 14.3. The molecule has 0 amide bonds. The second-order valence-corrected chi connectivity index (χ2v) is 7.25. The topological polar surface area (TPSA) is 39.2 Å². The number of hydrogen-bond donors (Lipinski definition) is 0. The SMILES string of the molecule is Cc1c(-c2ccccc2)oc2nc(-c3cccc4c3oc3ccccc34)ccc12. The number of benzene rings is 3. The molecule has 0 aliphatic rings. The maximum Gasteiger partial charge on any atom is 0.227 e. The van der Waals surface area contributed by atoms with Crippen LogP contribution in [0.1, 0.15) is 5.56 Å². The van der Waals surface area contributed by atoms with E-state index in [1.165, 1.54) is 0 Å². The summed E-state index contributed by atoms with van der Waals surface area (Å²) < 4.78 is 12.4. The minimum Gasteiger partial charge on any atom is -0.455 e. The first-order valence-electron chi connectivity index (χ1n) is 9.66. The molecule has 138 valence electrons. The van der Waals surface area contributed by atoms with Crippen LogP contribution in [0.2, 0.25) is 0 Å². The van der Waals surface area contributed by atoms with Crippen LogP contribution in [0.3, 0.4) is 0 Å². The van der Waals surface area contributed by atoms with Gasteiger partial charge in [0.1, 0.15) is 16.9 Å². The number of nitrogens with zero attached hydrogens (tertiary/aromatic N) is 1. The molecular weight excluding hydrogens is 358 g/mol. The summed E-state index contributed by atoms with van der Waals surface area (Å²) in [6.07, 6.45) is 0. The number of fused-ring (bicyclic) bond motifs is 4. The van der Waals surface area contributed by atoms with Crippen LogP contribution in [0, 0.1) is 6.92 Å². The third-order valence-corrected chi connectivity index (χ3v) is 5.52. The van der Waals surface area contributed by atoms with Gasteiger partial charge in [0.15, 0.2) is 0 Å². The van der Waals surface area contributed by atoms with Gasteiger partial charge in [-0.05, 0) is 31.2 Å². The van der Waals surface area contributed by atoms with E-state index in [1.54, 1.807) is 0 Å². The molecule has 0 saturated heterocycles. The summed E-state index contributed by atoms with van der Waals surface area (Å²) in [7, 11) is 0. The molecule has 3 aromatic carbocycles. The smallest absolute Gasteiger partial charge is 0.227 e. The average Bonchev–Trinajstić information content (AvgIpc) is 3.32. The van der Waals surface area contributed by atoms with Gasteiger partial charge >= 0.3 is 0 Å². The number of aryl methyl sites for hydroxylation is 1. The maximum absolute atomic E-state index is 6.18. The van der Waals surface area contributed by atoms with Crippen LogP contribution in [-0.2, 0) is 0 Å². The van der Waals surface area contributed by atoms with Gasteiger partial charge in [0, 0.05) is 32.8 Å². The maximum atomic E-state index is 6.18. The Labute approximate surface area is 167 Å².